The lowest BCUT2D eigenvalue weighted by Gasteiger charge is -2.11. The van der Waals surface area contributed by atoms with Gasteiger partial charge in [0.15, 0.2) is 5.78 Å². The molecule has 4 rings (SSSR count). The van der Waals surface area contributed by atoms with E-state index in [4.69, 9.17) is 18.6 Å². The first-order chi connectivity index (χ1) is 20.1. The summed E-state index contributed by atoms with van der Waals surface area (Å²) >= 11 is 0. The third-order valence-corrected chi connectivity index (χ3v) is 8.12. The molecule has 0 aliphatic carbocycles. The maximum atomic E-state index is 13.3. The van der Waals surface area contributed by atoms with Crippen LogP contribution in [0.3, 0.4) is 0 Å². The Kier molecular flexibility index (Phi) is 9.64. The SMILES string of the molecule is COc1ccc(-n2c3cssc-3c(NC(=O)NCCOC(=O)CCCC(=O)c3c(O)cc(C)oc3=O)c2=O)c(OC)c1. The highest BCUT2D eigenvalue weighted by atomic mass is 32.9. The van der Waals surface area contributed by atoms with Crippen LogP contribution in [0.1, 0.15) is 35.4 Å². The number of urea groups is 1. The number of nitrogens with zero attached hydrogens (tertiary/aromatic N) is 1. The van der Waals surface area contributed by atoms with Gasteiger partial charge in [-0.3, -0.25) is 19.0 Å². The summed E-state index contributed by atoms with van der Waals surface area (Å²) in [7, 11) is 5.74. The second-order valence-electron chi connectivity index (χ2n) is 8.85. The number of fused-ring (bicyclic) bond motifs is 1. The lowest BCUT2D eigenvalue weighted by atomic mass is 10.1. The molecule has 42 heavy (non-hydrogen) atoms. The van der Waals surface area contributed by atoms with Crippen molar-refractivity contribution >= 4 is 44.2 Å². The van der Waals surface area contributed by atoms with E-state index in [2.05, 4.69) is 10.6 Å². The minimum Gasteiger partial charge on any atom is -0.507 e. The van der Waals surface area contributed by atoms with E-state index in [-0.39, 0.29) is 43.9 Å². The van der Waals surface area contributed by atoms with Crippen molar-refractivity contribution in [2.75, 3.05) is 32.7 Å². The number of anilines is 1. The molecule has 15 heteroatoms. The maximum Gasteiger partial charge on any atom is 0.350 e. The molecule has 2 aromatic rings. The molecule has 0 unspecified atom stereocenters. The highest BCUT2D eigenvalue weighted by Crippen LogP contribution is 2.40. The van der Waals surface area contributed by atoms with Gasteiger partial charge in [0.2, 0.25) is 0 Å². The summed E-state index contributed by atoms with van der Waals surface area (Å²) in [5.41, 5.74) is -0.641. The molecule has 0 fully saturated rings. The van der Waals surface area contributed by atoms with E-state index in [0.717, 1.165) is 0 Å². The van der Waals surface area contributed by atoms with Crippen molar-refractivity contribution < 1.29 is 38.1 Å². The quantitative estimate of drug-likeness (QED) is 0.0918. The number of amides is 2. The standard InChI is InChI=1S/C27H27N3O10S2/c1-14-11-19(32)22(26(35)40-14)18(31)5-4-6-21(33)39-10-9-28-27(36)29-23-24-17(13-41-42-24)30(25(23)34)16-8-7-15(37-2)12-20(16)38-3/h7-8,11-13,32H,4-6,9-10H2,1-3H3,(H2,28,29,36). The Bertz CT molecular complexity index is 1700. The van der Waals surface area contributed by atoms with Gasteiger partial charge in [-0.1, -0.05) is 20.7 Å². The summed E-state index contributed by atoms with van der Waals surface area (Å²) in [5, 5.41) is 16.8. The van der Waals surface area contributed by atoms with Crippen LogP contribution in [0, 0.1) is 6.92 Å². The molecule has 3 heterocycles. The number of Topliss-reactive ketones (excluding diaryl/α,β-unsaturated/α-hetero) is 1. The van der Waals surface area contributed by atoms with Crippen LogP contribution in [-0.2, 0) is 9.53 Å². The third kappa shape index (κ3) is 6.63. The van der Waals surface area contributed by atoms with Crippen LogP contribution in [0.4, 0.5) is 10.5 Å². The van der Waals surface area contributed by atoms with Crippen LogP contribution >= 0.6 is 20.7 Å². The van der Waals surface area contributed by atoms with E-state index >= 15 is 0 Å². The highest BCUT2D eigenvalue weighted by Gasteiger charge is 2.26. The topological polar surface area (TPSA) is 175 Å². The molecular formula is C27H27N3O10S2. The predicted octanol–water partition coefficient (Wildman–Crippen LogP) is 3.77. The molecule has 0 spiro atoms. The van der Waals surface area contributed by atoms with Crippen LogP contribution in [0.5, 0.6) is 17.2 Å². The number of methoxy groups -OCH3 is 2. The number of aryl methyl sites for hydroxylation is 1. The average molecular weight is 618 g/mol. The van der Waals surface area contributed by atoms with E-state index in [0.29, 0.717) is 27.8 Å². The average Bonchev–Trinajstić information content (AvgIpc) is 3.51. The number of ether oxygens (including phenoxy) is 3. The first-order valence-electron chi connectivity index (χ1n) is 12.6. The Morgan fingerprint density at radius 2 is 1.88 bits per heavy atom. The van der Waals surface area contributed by atoms with Crippen molar-refractivity contribution in [1.29, 1.82) is 0 Å². The zero-order chi connectivity index (χ0) is 30.4. The smallest absolute Gasteiger partial charge is 0.350 e. The molecule has 13 nitrogen and oxygen atoms in total. The van der Waals surface area contributed by atoms with Gasteiger partial charge >= 0.3 is 17.6 Å². The summed E-state index contributed by atoms with van der Waals surface area (Å²) in [6.07, 6.45) is -0.206. The Hall–Kier alpha value is -4.63. The van der Waals surface area contributed by atoms with Crippen molar-refractivity contribution in [3.63, 3.8) is 0 Å². The van der Waals surface area contributed by atoms with Crippen LogP contribution in [0.15, 0.2) is 43.7 Å². The summed E-state index contributed by atoms with van der Waals surface area (Å²) in [6.45, 7) is 1.28. The van der Waals surface area contributed by atoms with Gasteiger partial charge in [0.1, 0.15) is 40.9 Å². The largest absolute Gasteiger partial charge is 0.507 e. The van der Waals surface area contributed by atoms with Gasteiger partial charge in [-0.05, 0) is 25.5 Å². The molecule has 222 valence electrons. The Morgan fingerprint density at radius 3 is 2.60 bits per heavy atom. The summed E-state index contributed by atoms with van der Waals surface area (Å²) in [5.74, 6) is -0.586. The highest BCUT2D eigenvalue weighted by molar-refractivity contribution is 7.70. The minimum absolute atomic E-state index is 0.0355. The number of carbonyl (C=O) groups is 3. The lowest BCUT2D eigenvalue weighted by Crippen LogP contribution is -2.33. The molecular weight excluding hydrogens is 590 g/mol. The van der Waals surface area contributed by atoms with Crippen molar-refractivity contribution in [3.8, 4) is 33.5 Å². The van der Waals surface area contributed by atoms with E-state index in [1.54, 1.807) is 23.6 Å². The van der Waals surface area contributed by atoms with Crippen LogP contribution in [0.25, 0.3) is 16.3 Å². The molecule has 0 radical (unpaired) electrons. The number of aromatic hydroxyl groups is 1. The number of hydrogen-bond donors (Lipinski definition) is 3. The second kappa shape index (κ2) is 13.4. The van der Waals surface area contributed by atoms with Gasteiger partial charge in [0.25, 0.3) is 5.56 Å². The number of ketones is 1. The molecule has 0 saturated carbocycles. The van der Waals surface area contributed by atoms with E-state index in [1.165, 1.54) is 52.5 Å². The van der Waals surface area contributed by atoms with Gasteiger partial charge in [0, 0.05) is 30.4 Å². The molecule has 2 amide bonds. The monoisotopic (exact) mass is 617 g/mol. The van der Waals surface area contributed by atoms with E-state index in [1.807, 2.05) is 0 Å². The minimum atomic E-state index is -0.939. The number of benzene rings is 1. The molecule has 0 atom stereocenters. The van der Waals surface area contributed by atoms with Crippen molar-refractivity contribution in [3.05, 3.63) is 61.7 Å². The number of esters is 1. The summed E-state index contributed by atoms with van der Waals surface area (Å²) < 4.78 is 22.0. The van der Waals surface area contributed by atoms with E-state index < -0.39 is 40.3 Å². The van der Waals surface area contributed by atoms with Gasteiger partial charge < -0.3 is 34.4 Å². The Labute approximate surface area is 246 Å². The number of rotatable bonds is 12. The van der Waals surface area contributed by atoms with Crippen LogP contribution in [-0.4, -0.2) is 54.8 Å². The Balaban J connectivity index is 1.27. The van der Waals surface area contributed by atoms with Gasteiger partial charge in [-0.15, -0.1) is 0 Å². The molecule has 0 bridgehead atoms. The van der Waals surface area contributed by atoms with Gasteiger partial charge in [-0.25, -0.2) is 9.59 Å². The fourth-order valence-electron chi connectivity index (χ4n) is 4.11. The normalized spacial score (nSPS) is 10.8. The van der Waals surface area contributed by atoms with Gasteiger partial charge in [0.05, 0.1) is 37.0 Å². The molecule has 1 aromatic carbocycles. The van der Waals surface area contributed by atoms with Crippen LogP contribution in [0.2, 0.25) is 0 Å². The molecule has 2 aliphatic heterocycles. The second-order valence-corrected chi connectivity index (χ2v) is 10.9. The fraction of sp³-hybridized carbons (Fsp3) is 0.296. The molecule has 0 saturated heterocycles. The van der Waals surface area contributed by atoms with Crippen molar-refractivity contribution in [1.82, 2.24) is 9.88 Å². The lowest BCUT2D eigenvalue weighted by molar-refractivity contribution is -0.143. The van der Waals surface area contributed by atoms with E-state index in [9.17, 15) is 29.1 Å². The predicted molar refractivity (Wildman–Crippen MR) is 155 cm³/mol. The van der Waals surface area contributed by atoms with Crippen LogP contribution < -0.4 is 31.3 Å². The molecule has 1 aromatic heterocycles. The number of carbonyl (C=O) groups excluding carboxylic acids is 3. The maximum absolute atomic E-state index is 13.3. The third-order valence-electron chi connectivity index (χ3n) is 6.04. The first-order valence-corrected chi connectivity index (χ1v) is 14.8. The number of aromatic nitrogens is 1. The number of hydrogen-bond acceptors (Lipinski definition) is 12. The Morgan fingerprint density at radius 1 is 1.10 bits per heavy atom. The number of nitrogens with one attached hydrogen (secondary N) is 2. The van der Waals surface area contributed by atoms with Crippen molar-refractivity contribution in [2.24, 2.45) is 0 Å². The molecule has 3 N–H and O–H groups in total. The first kappa shape index (κ1) is 30.3. The zero-order valence-electron chi connectivity index (χ0n) is 22.8. The van der Waals surface area contributed by atoms with Gasteiger partial charge in [-0.2, -0.15) is 0 Å². The van der Waals surface area contributed by atoms with Crippen molar-refractivity contribution in [2.45, 2.75) is 26.2 Å². The molecule has 2 aliphatic rings. The zero-order valence-corrected chi connectivity index (χ0v) is 24.4. The summed E-state index contributed by atoms with van der Waals surface area (Å²) in [4.78, 5) is 62.5. The summed E-state index contributed by atoms with van der Waals surface area (Å²) in [6, 6.07) is 5.55. The fourth-order valence-corrected chi connectivity index (χ4v) is 6.31.